The van der Waals surface area contributed by atoms with E-state index in [1.54, 1.807) is 0 Å². The zero-order valence-electron chi connectivity index (χ0n) is 10.4. The Balaban J connectivity index is 2.05. The van der Waals surface area contributed by atoms with Crippen LogP contribution in [0.5, 0.6) is 0 Å². The van der Waals surface area contributed by atoms with Crippen molar-refractivity contribution in [3.8, 4) is 0 Å². The molecule has 1 saturated carbocycles. The molecule has 1 aliphatic carbocycles. The smallest absolute Gasteiger partial charge is 0.397 e. The van der Waals surface area contributed by atoms with Crippen LogP contribution < -0.4 is 11.1 Å². The molecule has 1 aliphatic rings. The Hall–Kier alpha value is -1.43. The summed E-state index contributed by atoms with van der Waals surface area (Å²) in [5.41, 5.74) is 5.53. The molecular formula is C13H17F3N2O. The van der Waals surface area contributed by atoms with Gasteiger partial charge in [-0.1, -0.05) is 0 Å². The SMILES string of the molecule is Nc1cc(C(F)(F)F)ccc1NC1CCC(O)CC1. The van der Waals surface area contributed by atoms with Crippen LogP contribution >= 0.6 is 0 Å². The molecule has 1 aromatic carbocycles. The number of hydrogen-bond acceptors (Lipinski definition) is 3. The first kappa shape index (κ1) is 14.0. The number of aliphatic hydroxyl groups excluding tert-OH is 1. The van der Waals surface area contributed by atoms with Gasteiger partial charge >= 0.3 is 6.18 Å². The minimum atomic E-state index is -4.37. The third-order valence-corrected chi connectivity index (χ3v) is 3.44. The topological polar surface area (TPSA) is 58.3 Å². The minimum Gasteiger partial charge on any atom is -0.397 e. The van der Waals surface area contributed by atoms with Gasteiger partial charge in [0, 0.05) is 6.04 Å². The summed E-state index contributed by atoms with van der Waals surface area (Å²) in [5, 5.41) is 12.5. The molecule has 0 saturated heterocycles. The molecule has 1 aromatic rings. The van der Waals surface area contributed by atoms with E-state index in [1.165, 1.54) is 6.07 Å². The normalized spacial score (nSPS) is 24.2. The van der Waals surface area contributed by atoms with E-state index in [4.69, 9.17) is 5.73 Å². The van der Waals surface area contributed by atoms with E-state index >= 15 is 0 Å². The zero-order valence-corrected chi connectivity index (χ0v) is 10.4. The lowest BCUT2D eigenvalue weighted by molar-refractivity contribution is -0.137. The largest absolute Gasteiger partial charge is 0.416 e. The Morgan fingerprint density at radius 1 is 1.16 bits per heavy atom. The van der Waals surface area contributed by atoms with Crippen molar-refractivity contribution >= 4 is 11.4 Å². The zero-order chi connectivity index (χ0) is 14.0. The van der Waals surface area contributed by atoms with E-state index in [2.05, 4.69) is 5.32 Å². The van der Waals surface area contributed by atoms with E-state index in [0.717, 1.165) is 25.0 Å². The standard InChI is InChI=1S/C13H17F3N2O/c14-13(15,16)8-1-6-12(11(17)7-8)18-9-2-4-10(19)5-3-9/h1,6-7,9-10,18-19H,2-5,17H2. The van der Waals surface area contributed by atoms with Gasteiger partial charge in [0.05, 0.1) is 23.0 Å². The maximum absolute atomic E-state index is 12.5. The van der Waals surface area contributed by atoms with Crippen molar-refractivity contribution in [1.29, 1.82) is 0 Å². The summed E-state index contributed by atoms with van der Waals surface area (Å²) in [7, 11) is 0. The second kappa shape index (κ2) is 5.28. The molecule has 0 bridgehead atoms. The van der Waals surface area contributed by atoms with Gasteiger partial charge in [-0.25, -0.2) is 0 Å². The molecule has 0 heterocycles. The van der Waals surface area contributed by atoms with Crippen LogP contribution in [0, 0.1) is 0 Å². The average Bonchev–Trinajstić information content (AvgIpc) is 2.33. The summed E-state index contributed by atoms with van der Waals surface area (Å²) in [6.45, 7) is 0. The molecule has 0 atom stereocenters. The Morgan fingerprint density at radius 3 is 2.32 bits per heavy atom. The van der Waals surface area contributed by atoms with Gasteiger partial charge in [-0.05, 0) is 43.9 Å². The predicted molar refractivity (Wildman–Crippen MR) is 67.7 cm³/mol. The summed E-state index contributed by atoms with van der Waals surface area (Å²) in [6, 6.07) is 3.49. The van der Waals surface area contributed by atoms with Crippen molar-refractivity contribution in [2.24, 2.45) is 0 Å². The summed E-state index contributed by atoms with van der Waals surface area (Å²) < 4.78 is 37.5. The molecule has 1 fully saturated rings. The molecule has 0 spiro atoms. The Morgan fingerprint density at radius 2 is 1.79 bits per heavy atom. The highest BCUT2D eigenvalue weighted by Gasteiger charge is 2.31. The highest BCUT2D eigenvalue weighted by atomic mass is 19.4. The van der Waals surface area contributed by atoms with Gasteiger partial charge in [0.2, 0.25) is 0 Å². The molecule has 6 heteroatoms. The minimum absolute atomic E-state index is 0.0981. The first-order chi connectivity index (χ1) is 8.86. The maximum Gasteiger partial charge on any atom is 0.416 e. The lowest BCUT2D eigenvalue weighted by atomic mass is 9.93. The molecule has 106 valence electrons. The molecule has 0 unspecified atom stereocenters. The van der Waals surface area contributed by atoms with E-state index < -0.39 is 11.7 Å². The highest BCUT2D eigenvalue weighted by molar-refractivity contribution is 5.67. The van der Waals surface area contributed by atoms with E-state index in [9.17, 15) is 18.3 Å². The van der Waals surface area contributed by atoms with Crippen LogP contribution in [0.3, 0.4) is 0 Å². The Kier molecular flexibility index (Phi) is 3.89. The number of hydrogen-bond donors (Lipinski definition) is 3. The summed E-state index contributed by atoms with van der Waals surface area (Å²) >= 11 is 0. The monoisotopic (exact) mass is 274 g/mol. The van der Waals surface area contributed by atoms with Crippen molar-refractivity contribution in [3.05, 3.63) is 23.8 Å². The first-order valence-corrected chi connectivity index (χ1v) is 6.27. The fourth-order valence-electron chi connectivity index (χ4n) is 2.31. The van der Waals surface area contributed by atoms with Crippen LogP contribution in [-0.4, -0.2) is 17.3 Å². The second-order valence-corrected chi connectivity index (χ2v) is 4.95. The predicted octanol–water partition coefficient (Wildman–Crippen LogP) is 3.00. The summed E-state index contributed by atoms with van der Waals surface area (Å²) in [6.07, 6.45) is -1.63. The van der Waals surface area contributed by atoms with Crippen LogP contribution in [-0.2, 0) is 6.18 Å². The number of halogens is 3. The molecule has 4 N–H and O–H groups in total. The van der Waals surface area contributed by atoms with Crippen LogP contribution in [0.1, 0.15) is 31.2 Å². The van der Waals surface area contributed by atoms with E-state index in [-0.39, 0.29) is 17.8 Å². The second-order valence-electron chi connectivity index (χ2n) is 4.95. The van der Waals surface area contributed by atoms with Crippen molar-refractivity contribution in [2.45, 2.75) is 44.0 Å². The molecule has 2 rings (SSSR count). The van der Waals surface area contributed by atoms with Gasteiger partial charge in [-0.3, -0.25) is 0 Å². The maximum atomic E-state index is 12.5. The summed E-state index contributed by atoms with van der Waals surface area (Å²) in [4.78, 5) is 0. The number of benzene rings is 1. The Bertz CT molecular complexity index is 440. The fourth-order valence-corrected chi connectivity index (χ4v) is 2.31. The lowest BCUT2D eigenvalue weighted by Gasteiger charge is -2.27. The van der Waals surface area contributed by atoms with Crippen molar-refractivity contribution in [1.82, 2.24) is 0 Å². The number of anilines is 2. The average molecular weight is 274 g/mol. The van der Waals surface area contributed by atoms with Gasteiger partial charge in [-0.2, -0.15) is 13.2 Å². The van der Waals surface area contributed by atoms with Crippen molar-refractivity contribution < 1.29 is 18.3 Å². The number of rotatable bonds is 2. The number of nitrogens with two attached hydrogens (primary N) is 1. The molecular weight excluding hydrogens is 257 g/mol. The number of nitrogens with one attached hydrogen (secondary N) is 1. The molecule has 0 amide bonds. The number of aliphatic hydroxyl groups is 1. The van der Waals surface area contributed by atoms with Gasteiger partial charge in [-0.15, -0.1) is 0 Å². The third-order valence-electron chi connectivity index (χ3n) is 3.44. The van der Waals surface area contributed by atoms with E-state index in [1.807, 2.05) is 0 Å². The first-order valence-electron chi connectivity index (χ1n) is 6.27. The lowest BCUT2D eigenvalue weighted by Crippen LogP contribution is -2.28. The van der Waals surface area contributed by atoms with Gasteiger partial charge in [0.25, 0.3) is 0 Å². The van der Waals surface area contributed by atoms with Crippen LogP contribution in [0.4, 0.5) is 24.5 Å². The van der Waals surface area contributed by atoms with Crippen molar-refractivity contribution in [3.63, 3.8) is 0 Å². The highest BCUT2D eigenvalue weighted by Crippen LogP contribution is 2.33. The van der Waals surface area contributed by atoms with E-state index in [0.29, 0.717) is 18.5 Å². The van der Waals surface area contributed by atoms with Crippen LogP contribution in [0.15, 0.2) is 18.2 Å². The molecule has 0 radical (unpaired) electrons. The molecule has 3 nitrogen and oxygen atoms in total. The van der Waals surface area contributed by atoms with Crippen LogP contribution in [0.25, 0.3) is 0 Å². The van der Waals surface area contributed by atoms with Gasteiger partial charge in [0.1, 0.15) is 0 Å². The van der Waals surface area contributed by atoms with Crippen LogP contribution in [0.2, 0.25) is 0 Å². The molecule has 0 aliphatic heterocycles. The summed E-state index contributed by atoms with van der Waals surface area (Å²) in [5.74, 6) is 0. The quantitative estimate of drug-likeness (QED) is 0.727. The third kappa shape index (κ3) is 3.53. The molecule has 19 heavy (non-hydrogen) atoms. The van der Waals surface area contributed by atoms with Gasteiger partial charge in [0.15, 0.2) is 0 Å². The van der Waals surface area contributed by atoms with Gasteiger partial charge < -0.3 is 16.2 Å². The fraction of sp³-hybridized carbons (Fsp3) is 0.538. The Labute approximate surface area is 109 Å². The number of alkyl halides is 3. The molecule has 0 aromatic heterocycles. The number of nitrogen functional groups attached to an aromatic ring is 1. The van der Waals surface area contributed by atoms with Crippen molar-refractivity contribution in [2.75, 3.05) is 11.1 Å².